The summed E-state index contributed by atoms with van der Waals surface area (Å²) in [6, 6.07) is 8.50. The molecule has 51 heavy (non-hydrogen) atoms. The van der Waals surface area contributed by atoms with Crippen molar-refractivity contribution in [1.29, 1.82) is 0 Å². The predicted octanol–water partition coefficient (Wildman–Crippen LogP) is 4.05. The molecule has 1 fully saturated rings. The molecule has 7 rings (SSSR count). The molecule has 3 aliphatic rings. The van der Waals surface area contributed by atoms with Crippen LogP contribution in [0.25, 0.3) is 11.3 Å². The Bertz CT molecular complexity index is 2180. The monoisotopic (exact) mass is 689 g/mol. The quantitative estimate of drug-likeness (QED) is 0.278. The molecule has 1 aromatic carbocycles. The molecule has 264 valence electrons. The first-order valence-corrected chi connectivity index (χ1v) is 17.1. The van der Waals surface area contributed by atoms with Gasteiger partial charge in [-0.1, -0.05) is 26.5 Å². The van der Waals surface area contributed by atoms with Crippen molar-refractivity contribution in [2.45, 2.75) is 46.2 Å². The highest BCUT2D eigenvalue weighted by molar-refractivity contribution is 6.06. The number of rotatable bonds is 7. The van der Waals surface area contributed by atoms with Gasteiger partial charge >= 0.3 is 0 Å². The van der Waals surface area contributed by atoms with E-state index in [2.05, 4.69) is 46.7 Å². The lowest BCUT2D eigenvalue weighted by atomic mass is 9.90. The first-order valence-electron chi connectivity index (χ1n) is 17.1. The van der Waals surface area contributed by atoms with E-state index in [9.17, 15) is 19.2 Å². The van der Waals surface area contributed by atoms with E-state index in [1.807, 2.05) is 24.9 Å². The van der Waals surface area contributed by atoms with E-state index in [-0.39, 0.29) is 28.6 Å². The zero-order chi connectivity index (χ0) is 36.4. The maximum Gasteiger partial charge on any atom is 0.293 e. The molecule has 0 unspecified atom stereocenters. The van der Waals surface area contributed by atoms with Crippen molar-refractivity contribution in [2.24, 2.45) is 12.5 Å². The number of carbonyl (C=O) groups excluding carboxylic acids is 3. The molecule has 2 N–H and O–H groups in total. The average Bonchev–Trinajstić information content (AvgIpc) is 3.58. The summed E-state index contributed by atoms with van der Waals surface area (Å²) in [6.45, 7) is 12.5. The molecule has 13 nitrogen and oxygen atoms in total. The minimum absolute atomic E-state index is 0.0661. The number of pyridine rings is 1. The summed E-state index contributed by atoms with van der Waals surface area (Å²) in [4.78, 5) is 67.7. The maximum absolute atomic E-state index is 13.9. The highest BCUT2D eigenvalue weighted by atomic mass is 16.2. The second-order valence-electron chi connectivity index (χ2n) is 14.6. The molecule has 1 atom stereocenters. The van der Waals surface area contributed by atoms with Gasteiger partial charge < -0.3 is 24.7 Å². The van der Waals surface area contributed by atoms with Crippen molar-refractivity contribution in [1.82, 2.24) is 28.9 Å². The Morgan fingerprint density at radius 3 is 2.57 bits per heavy atom. The van der Waals surface area contributed by atoms with Gasteiger partial charge in [0.25, 0.3) is 11.5 Å². The fraction of sp³-hybridized carbons (Fsp3) is 0.368. The lowest BCUT2D eigenvalue weighted by Crippen LogP contribution is -2.49. The average molecular weight is 690 g/mol. The molecule has 0 bridgehead atoms. The standard InChI is InChI=1S/C38H43N9O4/c1-8-31(48)41-27-18-24(9-10-26(27)32-36(50)44(6)14-13-43(32)5)40-33-37(51)45(7)21-28(42-33)25-11-12-39-34(22(25)2)47-16-15-46-29(35(47)49)17-23-19-38(3,4)20-30(23)46/h8-12,17-18,21,32H,1,13-16,19-20H2,2-7H3,(H,40,42)(H,41,48)/t32-/m1/s1. The molecule has 2 aliphatic heterocycles. The van der Waals surface area contributed by atoms with Gasteiger partial charge in [-0.2, -0.15) is 0 Å². The van der Waals surface area contributed by atoms with Crippen LogP contribution in [0.2, 0.25) is 0 Å². The lowest BCUT2D eigenvalue weighted by Gasteiger charge is -2.37. The number of likely N-dealkylation sites (N-methyl/N-ethyl adjacent to an activating group) is 2. The van der Waals surface area contributed by atoms with E-state index in [4.69, 9.17) is 4.98 Å². The molecule has 0 saturated carbocycles. The van der Waals surface area contributed by atoms with Crippen LogP contribution in [0.3, 0.4) is 0 Å². The summed E-state index contributed by atoms with van der Waals surface area (Å²) in [6.07, 6.45) is 6.41. The van der Waals surface area contributed by atoms with E-state index in [0.717, 1.165) is 30.0 Å². The Morgan fingerprint density at radius 1 is 1.02 bits per heavy atom. The van der Waals surface area contributed by atoms with Crippen molar-refractivity contribution in [3.05, 3.63) is 93.8 Å². The van der Waals surface area contributed by atoms with E-state index in [1.165, 1.54) is 15.8 Å². The zero-order valence-electron chi connectivity index (χ0n) is 29.9. The van der Waals surface area contributed by atoms with Gasteiger partial charge in [-0.05, 0) is 68.1 Å². The topological polar surface area (TPSA) is 138 Å². The lowest BCUT2D eigenvalue weighted by molar-refractivity contribution is -0.139. The van der Waals surface area contributed by atoms with Gasteiger partial charge in [-0.15, -0.1) is 0 Å². The number of piperazine rings is 1. The summed E-state index contributed by atoms with van der Waals surface area (Å²) in [7, 11) is 5.28. The van der Waals surface area contributed by atoms with E-state index in [0.29, 0.717) is 60.3 Å². The number of fused-ring (bicyclic) bond motifs is 3. The minimum Gasteiger partial charge on any atom is -0.343 e. The van der Waals surface area contributed by atoms with E-state index in [1.54, 1.807) is 54.5 Å². The van der Waals surface area contributed by atoms with Gasteiger partial charge in [0.15, 0.2) is 5.82 Å². The molecule has 3 aromatic heterocycles. The van der Waals surface area contributed by atoms with Crippen molar-refractivity contribution >= 4 is 40.7 Å². The number of hydrogen-bond donors (Lipinski definition) is 2. The number of nitrogens with one attached hydrogen (secondary N) is 2. The molecule has 0 spiro atoms. The van der Waals surface area contributed by atoms with Crippen LogP contribution in [-0.4, -0.2) is 80.4 Å². The summed E-state index contributed by atoms with van der Waals surface area (Å²) in [5.41, 5.74) is 6.60. The van der Waals surface area contributed by atoms with Gasteiger partial charge in [-0.25, -0.2) is 9.97 Å². The van der Waals surface area contributed by atoms with Crippen molar-refractivity contribution in [2.75, 3.05) is 49.3 Å². The largest absolute Gasteiger partial charge is 0.343 e. The highest BCUT2D eigenvalue weighted by Gasteiger charge is 2.38. The third-order valence-corrected chi connectivity index (χ3v) is 10.3. The number of nitrogens with zero attached hydrogens (tertiary/aromatic N) is 7. The van der Waals surface area contributed by atoms with Crippen molar-refractivity contribution < 1.29 is 14.4 Å². The fourth-order valence-corrected chi connectivity index (χ4v) is 7.62. The zero-order valence-corrected chi connectivity index (χ0v) is 29.9. The molecule has 3 amide bonds. The Hall–Kier alpha value is -5.56. The van der Waals surface area contributed by atoms with Gasteiger partial charge in [0, 0.05) is 86.4 Å². The molecular weight excluding hydrogens is 646 g/mol. The molecule has 5 heterocycles. The predicted molar refractivity (Wildman–Crippen MR) is 196 cm³/mol. The third kappa shape index (κ3) is 6.01. The summed E-state index contributed by atoms with van der Waals surface area (Å²) in [5, 5.41) is 5.98. The Labute approximate surface area is 296 Å². The summed E-state index contributed by atoms with van der Waals surface area (Å²) in [5.74, 6) is 0.0357. The normalized spacial score (nSPS) is 18.4. The Morgan fingerprint density at radius 2 is 1.80 bits per heavy atom. The summed E-state index contributed by atoms with van der Waals surface area (Å²) < 4.78 is 3.63. The van der Waals surface area contributed by atoms with Crippen LogP contribution >= 0.6 is 0 Å². The smallest absolute Gasteiger partial charge is 0.293 e. The van der Waals surface area contributed by atoms with Crippen LogP contribution in [-0.2, 0) is 36.0 Å². The van der Waals surface area contributed by atoms with Gasteiger partial charge in [-0.3, -0.25) is 29.0 Å². The molecule has 1 saturated heterocycles. The number of aryl methyl sites for hydroxylation is 1. The fourth-order valence-electron chi connectivity index (χ4n) is 7.62. The van der Waals surface area contributed by atoms with Crippen molar-refractivity contribution in [3.8, 4) is 11.3 Å². The first-order chi connectivity index (χ1) is 24.3. The summed E-state index contributed by atoms with van der Waals surface area (Å²) >= 11 is 0. The SMILES string of the molecule is C=CC(=O)Nc1cc(Nc2nc(-c3ccnc(N4CCn5c(cc6c5CC(C)(C)C6)C4=O)c3C)cn(C)c2=O)ccc1[C@@H]1C(=O)N(C)CCN1C. The van der Waals surface area contributed by atoms with Gasteiger partial charge in [0.05, 0.1) is 5.69 Å². The number of aromatic nitrogens is 4. The third-order valence-electron chi connectivity index (χ3n) is 10.3. The van der Waals surface area contributed by atoms with Gasteiger partial charge in [0.1, 0.15) is 17.6 Å². The molecule has 1 aliphatic carbocycles. The first kappa shape index (κ1) is 33.9. The van der Waals surface area contributed by atoms with Crippen LogP contribution in [0.15, 0.2) is 60.2 Å². The number of benzene rings is 1. The van der Waals surface area contributed by atoms with Gasteiger partial charge in [0.2, 0.25) is 11.8 Å². The number of hydrogen-bond acceptors (Lipinski definition) is 8. The van der Waals surface area contributed by atoms with E-state index < -0.39 is 11.9 Å². The second kappa shape index (κ2) is 12.6. The van der Waals surface area contributed by atoms with Crippen LogP contribution in [0.5, 0.6) is 0 Å². The van der Waals surface area contributed by atoms with Crippen LogP contribution in [0.1, 0.15) is 52.8 Å². The minimum atomic E-state index is -0.597. The number of amides is 3. The van der Waals surface area contributed by atoms with Crippen molar-refractivity contribution in [3.63, 3.8) is 0 Å². The number of anilines is 4. The molecule has 13 heteroatoms. The second-order valence-corrected chi connectivity index (χ2v) is 14.6. The molecule has 0 radical (unpaired) electrons. The molecule has 4 aromatic rings. The maximum atomic E-state index is 13.9. The van der Waals surface area contributed by atoms with Crippen LogP contribution in [0, 0.1) is 12.3 Å². The molecular formula is C38H43N9O4. The van der Waals surface area contributed by atoms with Crippen LogP contribution in [0.4, 0.5) is 23.0 Å². The van der Waals surface area contributed by atoms with Crippen LogP contribution < -0.4 is 21.1 Å². The highest BCUT2D eigenvalue weighted by Crippen LogP contribution is 2.40. The van der Waals surface area contributed by atoms with E-state index >= 15 is 0 Å². The Balaban J connectivity index is 1.20. The number of carbonyl (C=O) groups is 3. The Kier molecular flexibility index (Phi) is 8.41.